The van der Waals surface area contributed by atoms with Crippen LogP contribution < -0.4 is 21.7 Å². The van der Waals surface area contributed by atoms with Crippen LogP contribution in [0.3, 0.4) is 0 Å². The van der Waals surface area contributed by atoms with Crippen molar-refractivity contribution < 1.29 is 9.59 Å². The van der Waals surface area contributed by atoms with Crippen LogP contribution in [0, 0.1) is 0 Å². The minimum absolute atomic E-state index is 0. The Bertz CT molecular complexity index is 884. The molecule has 1 aliphatic rings. The minimum Gasteiger partial charge on any atom is -0.366 e. The van der Waals surface area contributed by atoms with Gasteiger partial charge in [0.25, 0.3) is 0 Å². The molecule has 5 N–H and O–H groups in total. The topological polar surface area (TPSA) is 109 Å². The summed E-state index contributed by atoms with van der Waals surface area (Å²) in [6, 6.07) is 15.0. The highest BCUT2D eigenvalue weighted by atomic mass is 127. The molecule has 28 heavy (non-hydrogen) atoms. The minimum atomic E-state index is -0.450. The monoisotopic (exact) mass is 493 g/mol. The van der Waals surface area contributed by atoms with Crippen molar-refractivity contribution in [2.45, 2.75) is 18.9 Å². The van der Waals surface area contributed by atoms with Crippen LogP contribution in [-0.4, -0.2) is 31.4 Å². The molecule has 1 atom stereocenters. The number of hydrogen-bond donors (Lipinski definition) is 4. The van der Waals surface area contributed by atoms with Crippen LogP contribution in [0.5, 0.6) is 0 Å². The van der Waals surface area contributed by atoms with Gasteiger partial charge in [0.05, 0.1) is 0 Å². The number of hydrogen-bond acceptors (Lipinski definition) is 3. The zero-order chi connectivity index (χ0) is 19.2. The first kappa shape index (κ1) is 21.7. The number of nitrogens with two attached hydrogens (primary N) is 1. The highest BCUT2D eigenvalue weighted by molar-refractivity contribution is 14.0. The van der Waals surface area contributed by atoms with Gasteiger partial charge in [-0.25, -0.2) is 0 Å². The highest BCUT2D eigenvalue weighted by Gasteiger charge is 2.24. The first-order valence-corrected chi connectivity index (χ1v) is 8.79. The Hall–Kier alpha value is -2.62. The van der Waals surface area contributed by atoms with E-state index in [1.807, 2.05) is 30.3 Å². The number of amides is 2. The van der Waals surface area contributed by atoms with E-state index in [0.29, 0.717) is 31.0 Å². The fourth-order valence-corrected chi connectivity index (χ4v) is 3.14. The Kier molecular flexibility index (Phi) is 7.80. The van der Waals surface area contributed by atoms with Gasteiger partial charge in [-0.05, 0) is 29.3 Å². The van der Waals surface area contributed by atoms with E-state index in [2.05, 4.69) is 20.9 Å². The van der Waals surface area contributed by atoms with Crippen LogP contribution in [0.25, 0.3) is 0 Å². The number of aliphatic imine (C=N–C) groups is 1. The summed E-state index contributed by atoms with van der Waals surface area (Å²) in [5.41, 5.74) is 8.71. The second-order valence-corrected chi connectivity index (χ2v) is 6.41. The van der Waals surface area contributed by atoms with Crippen molar-refractivity contribution in [3.05, 3.63) is 65.2 Å². The number of rotatable bonds is 5. The van der Waals surface area contributed by atoms with Crippen LogP contribution in [-0.2, 0) is 11.3 Å². The van der Waals surface area contributed by atoms with Crippen molar-refractivity contribution in [3.8, 4) is 0 Å². The average Bonchev–Trinajstić information content (AvgIpc) is 2.68. The number of nitrogens with one attached hydrogen (secondary N) is 3. The smallest absolute Gasteiger partial charge is 0.248 e. The lowest BCUT2D eigenvalue weighted by molar-refractivity contribution is -0.116. The van der Waals surface area contributed by atoms with Gasteiger partial charge in [-0.2, -0.15) is 0 Å². The van der Waals surface area contributed by atoms with Crippen molar-refractivity contribution >= 4 is 47.4 Å². The van der Waals surface area contributed by atoms with Gasteiger partial charge in [-0.15, -0.1) is 24.0 Å². The van der Waals surface area contributed by atoms with Gasteiger partial charge in [0.2, 0.25) is 11.8 Å². The number of primary amides is 1. The molecule has 2 amide bonds. The number of nitrogens with zero attached hydrogens (tertiary/aromatic N) is 1. The van der Waals surface area contributed by atoms with E-state index in [4.69, 9.17) is 5.73 Å². The second-order valence-electron chi connectivity index (χ2n) is 6.41. The third kappa shape index (κ3) is 5.44. The predicted molar refractivity (Wildman–Crippen MR) is 121 cm³/mol. The third-order valence-electron chi connectivity index (χ3n) is 4.52. The van der Waals surface area contributed by atoms with Crippen molar-refractivity contribution in [3.63, 3.8) is 0 Å². The summed E-state index contributed by atoms with van der Waals surface area (Å²) in [4.78, 5) is 27.4. The summed E-state index contributed by atoms with van der Waals surface area (Å²) in [6.45, 7) is 1.09. The van der Waals surface area contributed by atoms with E-state index in [1.54, 1.807) is 25.2 Å². The number of benzene rings is 2. The van der Waals surface area contributed by atoms with Crippen LogP contribution in [0.2, 0.25) is 0 Å². The fraction of sp³-hybridized carbons (Fsp3) is 0.250. The molecular formula is C20H24IN5O2. The molecule has 148 valence electrons. The lowest BCUT2D eigenvalue weighted by Gasteiger charge is -2.26. The molecule has 0 fully saturated rings. The molecule has 1 aliphatic heterocycles. The van der Waals surface area contributed by atoms with Gasteiger partial charge in [0.1, 0.15) is 0 Å². The molecule has 0 aliphatic carbocycles. The van der Waals surface area contributed by atoms with E-state index >= 15 is 0 Å². The molecule has 7 nitrogen and oxygen atoms in total. The molecule has 2 aromatic carbocycles. The molecule has 3 rings (SSSR count). The Morgan fingerprint density at radius 2 is 2.00 bits per heavy atom. The lowest BCUT2D eigenvalue weighted by Crippen LogP contribution is -2.40. The number of para-hydroxylation sites is 1. The van der Waals surface area contributed by atoms with E-state index in [0.717, 1.165) is 16.8 Å². The van der Waals surface area contributed by atoms with Crippen molar-refractivity contribution in [2.75, 3.05) is 18.9 Å². The summed E-state index contributed by atoms with van der Waals surface area (Å²) in [6.07, 6.45) is 0.432. The van der Waals surface area contributed by atoms with E-state index < -0.39 is 5.91 Å². The largest absolute Gasteiger partial charge is 0.366 e. The molecule has 2 aromatic rings. The number of carbonyl (C=O) groups is 2. The molecule has 0 aromatic heterocycles. The van der Waals surface area contributed by atoms with E-state index in [1.165, 1.54) is 0 Å². The highest BCUT2D eigenvalue weighted by Crippen LogP contribution is 2.31. The molecule has 0 saturated heterocycles. The first-order valence-electron chi connectivity index (χ1n) is 8.79. The molecule has 0 radical (unpaired) electrons. The number of fused-ring (bicyclic) bond motifs is 1. The Balaban J connectivity index is 0.00000280. The van der Waals surface area contributed by atoms with E-state index in [-0.39, 0.29) is 35.8 Å². The van der Waals surface area contributed by atoms with Crippen molar-refractivity contribution in [1.29, 1.82) is 0 Å². The number of anilines is 1. The van der Waals surface area contributed by atoms with Crippen molar-refractivity contribution in [1.82, 2.24) is 10.6 Å². The molecule has 0 bridgehead atoms. The van der Waals surface area contributed by atoms with Crippen molar-refractivity contribution in [2.24, 2.45) is 10.7 Å². The maximum Gasteiger partial charge on any atom is 0.248 e. The summed E-state index contributed by atoms with van der Waals surface area (Å²) < 4.78 is 0. The van der Waals surface area contributed by atoms with Gasteiger partial charge >= 0.3 is 0 Å². The lowest BCUT2D eigenvalue weighted by atomic mass is 9.90. The zero-order valence-corrected chi connectivity index (χ0v) is 17.9. The van der Waals surface area contributed by atoms with Crippen LogP contribution in [0.1, 0.15) is 33.8 Å². The summed E-state index contributed by atoms with van der Waals surface area (Å²) in [5, 5.41) is 9.39. The Morgan fingerprint density at radius 3 is 2.75 bits per heavy atom. The normalized spacial score (nSPS) is 15.7. The zero-order valence-electron chi connectivity index (χ0n) is 15.6. The predicted octanol–water partition coefficient (Wildman–Crippen LogP) is 2.19. The summed E-state index contributed by atoms with van der Waals surface area (Å²) in [7, 11) is 1.69. The molecule has 1 unspecified atom stereocenters. The van der Waals surface area contributed by atoms with E-state index in [9.17, 15) is 9.59 Å². The number of halogens is 1. The Labute approximate surface area is 181 Å². The molecule has 8 heteroatoms. The van der Waals surface area contributed by atoms with Gasteiger partial charge in [-0.3, -0.25) is 14.6 Å². The maximum absolute atomic E-state index is 11.9. The fourth-order valence-electron chi connectivity index (χ4n) is 3.14. The summed E-state index contributed by atoms with van der Waals surface area (Å²) in [5.74, 6) is 0.273. The number of carbonyl (C=O) groups excluding carboxylic acids is 2. The maximum atomic E-state index is 11.9. The summed E-state index contributed by atoms with van der Waals surface area (Å²) >= 11 is 0. The van der Waals surface area contributed by atoms with Gasteiger partial charge in [-0.1, -0.05) is 30.3 Å². The van der Waals surface area contributed by atoms with Gasteiger partial charge in [0, 0.05) is 43.7 Å². The standard InChI is InChI=1S/C20H23N5O2.HI/c1-22-20(23-11-13-5-4-6-14(9-13)19(21)27)24-12-15-10-18(26)25-17-8-3-2-7-16(15)17;/h2-9,15H,10-12H2,1H3,(H2,21,27)(H,25,26)(H2,22,23,24);1H. The molecule has 0 saturated carbocycles. The first-order chi connectivity index (χ1) is 13.1. The van der Waals surface area contributed by atoms with Crippen LogP contribution in [0.15, 0.2) is 53.5 Å². The molecular weight excluding hydrogens is 469 g/mol. The van der Waals surface area contributed by atoms with Gasteiger partial charge < -0.3 is 21.7 Å². The second kappa shape index (κ2) is 10.1. The molecule has 1 heterocycles. The quantitative estimate of drug-likeness (QED) is 0.291. The van der Waals surface area contributed by atoms with Crippen LogP contribution in [0.4, 0.5) is 5.69 Å². The van der Waals surface area contributed by atoms with Crippen LogP contribution >= 0.6 is 24.0 Å². The third-order valence-corrected chi connectivity index (χ3v) is 4.52. The SMILES string of the molecule is CN=C(NCc1cccc(C(N)=O)c1)NCC1CC(=O)Nc2ccccc21.I. The Morgan fingerprint density at radius 1 is 1.21 bits per heavy atom. The average molecular weight is 493 g/mol. The number of guanidine groups is 1. The van der Waals surface area contributed by atoms with Gasteiger partial charge in [0.15, 0.2) is 5.96 Å². The molecule has 0 spiro atoms.